The molecule has 0 saturated heterocycles. The highest BCUT2D eigenvalue weighted by Crippen LogP contribution is 2.27. The predicted molar refractivity (Wildman–Crippen MR) is 72.7 cm³/mol. The van der Waals surface area contributed by atoms with Crippen LogP contribution >= 0.6 is 0 Å². The molecule has 1 N–H and O–H groups in total. The summed E-state index contributed by atoms with van der Waals surface area (Å²) >= 11 is 0. The first-order chi connectivity index (χ1) is 8.62. The van der Waals surface area contributed by atoms with E-state index >= 15 is 0 Å². The Labute approximate surface area is 108 Å². The molecule has 0 fully saturated rings. The van der Waals surface area contributed by atoms with Gasteiger partial charge in [-0.2, -0.15) is 0 Å². The quantitative estimate of drug-likeness (QED) is 0.892. The zero-order valence-electron chi connectivity index (χ0n) is 10.8. The lowest BCUT2D eigenvalue weighted by Crippen LogP contribution is -2.24. The van der Waals surface area contributed by atoms with E-state index in [0.29, 0.717) is 6.42 Å². The number of aliphatic hydroxyl groups is 1. The molecule has 94 valence electrons. The lowest BCUT2D eigenvalue weighted by molar-refractivity contribution is 0.0574. The number of methoxy groups -OCH3 is 1. The normalized spacial score (nSPS) is 13.9. The van der Waals surface area contributed by atoms with Gasteiger partial charge in [0.2, 0.25) is 0 Å². The molecule has 0 aliphatic heterocycles. The van der Waals surface area contributed by atoms with E-state index in [9.17, 15) is 5.11 Å². The Hall–Kier alpha value is -1.80. The summed E-state index contributed by atoms with van der Waals surface area (Å²) in [5, 5.41) is 10.6. The van der Waals surface area contributed by atoms with E-state index in [2.05, 4.69) is 0 Å². The molecule has 0 spiro atoms. The molecule has 0 heterocycles. The Morgan fingerprint density at radius 3 is 2.44 bits per heavy atom. The van der Waals surface area contributed by atoms with Crippen LogP contribution in [0.5, 0.6) is 5.75 Å². The summed E-state index contributed by atoms with van der Waals surface area (Å²) in [5.41, 5.74) is 1.09. The highest BCUT2D eigenvalue weighted by atomic mass is 16.5. The van der Waals surface area contributed by atoms with E-state index in [4.69, 9.17) is 4.74 Å². The Morgan fingerprint density at radius 1 is 1.06 bits per heavy atom. The van der Waals surface area contributed by atoms with Crippen molar-refractivity contribution in [1.82, 2.24) is 0 Å². The second-order valence-electron chi connectivity index (χ2n) is 4.67. The van der Waals surface area contributed by atoms with Crippen molar-refractivity contribution in [2.24, 2.45) is 0 Å². The molecule has 2 nitrogen and oxygen atoms in total. The van der Waals surface area contributed by atoms with E-state index in [1.807, 2.05) is 61.5 Å². The van der Waals surface area contributed by atoms with Crippen LogP contribution in [0.15, 0.2) is 54.6 Å². The first kappa shape index (κ1) is 12.7. The summed E-state index contributed by atoms with van der Waals surface area (Å²) in [5.74, 6) is 0.765. The van der Waals surface area contributed by atoms with Gasteiger partial charge in [0.15, 0.2) is 0 Å². The Morgan fingerprint density at radius 2 is 1.78 bits per heavy atom. The monoisotopic (exact) mass is 242 g/mol. The summed E-state index contributed by atoms with van der Waals surface area (Å²) in [7, 11) is 1.63. The van der Waals surface area contributed by atoms with Gasteiger partial charge in [-0.3, -0.25) is 0 Å². The molecule has 2 aromatic carbocycles. The molecule has 1 atom stereocenters. The summed E-state index contributed by atoms with van der Waals surface area (Å²) in [6.45, 7) is 1.83. The van der Waals surface area contributed by atoms with E-state index in [-0.39, 0.29) is 0 Å². The molecule has 2 aromatic rings. The van der Waals surface area contributed by atoms with Crippen molar-refractivity contribution in [3.05, 3.63) is 65.7 Å². The Bertz CT molecular complexity index is 504. The largest absolute Gasteiger partial charge is 0.497 e. The van der Waals surface area contributed by atoms with Crippen LogP contribution in [0.3, 0.4) is 0 Å². The number of ether oxygens (including phenoxy) is 1. The van der Waals surface area contributed by atoms with Crippen LogP contribution in [0, 0.1) is 0 Å². The maximum atomic E-state index is 10.6. The minimum absolute atomic E-state index is 0.584. The summed E-state index contributed by atoms with van der Waals surface area (Å²) in [6.07, 6.45) is 0.584. The van der Waals surface area contributed by atoms with Crippen molar-refractivity contribution in [2.45, 2.75) is 18.9 Å². The topological polar surface area (TPSA) is 29.5 Å². The van der Waals surface area contributed by atoms with Gasteiger partial charge in [-0.25, -0.2) is 0 Å². The second-order valence-corrected chi connectivity index (χ2v) is 4.67. The zero-order chi connectivity index (χ0) is 13.0. The number of benzene rings is 2. The van der Waals surface area contributed by atoms with Crippen LogP contribution in [-0.2, 0) is 12.0 Å². The SMILES string of the molecule is COc1cccc(C(C)(O)Cc2ccccc2)c1. The minimum atomic E-state index is -0.893. The van der Waals surface area contributed by atoms with Gasteiger partial charge in [0.05, 0.1) is 12.7 Å². The third-order valence-corrected chi connectivity index (χ3v) is 3.08. The average Bonchev–Trinajstić information content (AvgIpc) is 2.39. The van der Waals surface area contributed by atoms with Crippen molar-refractivity contribution < 1.29 is 9.84 Å². The fourth-order valence-corrected chi connectivity index (χ4v) is 2.05. The van der Waals surface area contributed by atoms with Gasteiger partial charge in [0.25, 0.3) is 0 Å². The smallest absolute Gasteiger partial charge is 0.119 e. The highest BCUT2D eigenvalue weighted by molar-refractivity contribution is 5.33. The van der Waals surface area contributed by atoms with E-state index in [0.717, 1.165) is 16.9 Å². The summed E-state index contributed by atoms with van der Waals surface area (Å²) in [4.78, 5) is 0. The number of rotatable bonds is 4. The molecular formula is C16H18O2. The molecule has 2 rings (SSSR count). The van der Waals surface area contributed by atoms with Gasteiger partial charge in [0, 0.05) is 6.42 Å². The molecule has 0 saturated carbocycles. The standard InChI is InChI=1S/C16H18O2/c1-16(17,12-13-7-4-3-5-8-13)14-9-6-10-15(11-14)18-2/h3-11,17H,12H2,1-2H3. The maximum Gasteiger partial charge on any atom is 0.119 e. The lowest BCUT2D eigenvalue weighted by atomic mass is 9.89. The summed E-state index contributed by atoms with van der Waals surface area (Å²) < 4.78 is 5.19. The first-order valence-corrected chi connectivity index (χ1v) is 6.03. The summed E-state index contributed by atoms with van der Waals surface area (Å²) in [6, 6.07) is 17.6. The number of hydrogen-bond acceptors (Lipinski definition) is 2. The van der Waals surface area contributed by atoms with Crippen LogP contribution in [0.2, 0.25) is 0 Å². The molecule has 2 heteroatoms. The molecule has 0 aliphatic carbocycles. The highest BCUT2D eigenvalue weighted by Gasteiger charge is 2.23. The lowest BCUT2D eigenvalue weighted by Gasteiger charge is -2.24. The fraction of sp³-hybridized carbons (Fsp3) is 0.250. The van der Waals surface area contributed by atoms with Crippen LogP contribution in [0.4, 0.5) is 0 Å². The third kappa shape index (κ3) is 2.90. The van der Waals surface area contributed by atoms with Crippen LogP contribution in [-0.4, -0.2) is 12.2 Å². The average molecular weight is 242 g/mol. The molecule has 0 radical (unpaired) electrons. The third-order valence-electron chi connectivity index (χ3n) is 3.08. The second kappa shape index (κ2) is 5.23. The van der Waals surface area contributed by atoms with Gasteiger partial charge in [-0.15, -0.1) is 0 Å². The van der Waals surface area contributed by atoms with Crippen molar-refractivity contribution in [3.8, 4) is 5.75 Å². The molecule has 0 aliphatic rings. The maximum absolute atomic E-state index is 10.6. The van der Waals surface area contributed by atoms with E-state index < -0.39 is 5.60 Å². The molecule has 1 unspecified atom stereocenters. The zero-order valence-corrected chi connectivity index (χ0v) is 10.8. The van der Waals surface area contributed by atoms with Gasteiger partial charge in [-0.1, -0.05) is 42.5 Å². The molecule has 0 bridgehead atoms. The van der Waals surface area contributed by atoms with Crippen LogP contribution < -0.4 is 4.74 Å². The predicted octanol–water partition coefficient (Wildman–Crippen LogP) is 3.15. The van der Waals surface area contributed by atoms with E-state index in [1.165, 1.54) is 0 Å². The van der Waals surface area contributed by atoms with Crippen molar-refractivity contribution in [1.29, 1.82) is 0 Å². The first-order valence-electron chi connectivity index (χ1n) is 6.03. The van der Waals surface area contributed by atoms with E-state index in [1.54, 1.807) is 7.11 Å². The fourth-order valence-electron chi connectivity index (χ4n) is 2.05. The van der Waals surface area contributed by atoms with Gasteiger partial charge < -0.3 is 9.84 Å². The Kier molecular flexibility index (Phi) is 3.68. The minimum Gasteiger partial charge on any atom is -0.497 e. The van der Waals surface area contributed by atoms with Gasteiger partial charge in [0.1, 0.15) is 5.75 Å². The number of hydrogen-bond donors (Lipinski definition) is 1. The Balaban J connectivity index is 2.24. The van der Waals surface area contributed by atoms with Crippen molar-refractivity contribution >= 4 is 0 Å². The molecule has 18 heavy (non-hydrogen) atoms. The molecule has 0 aromatic heterocycles. The molecular weight excluding hydrogens is 224 g/mol. The van der Waals surface area contributed by atoms with Crippen LogP contribution in [0.25, 0.3) is 0 Å². The van der Waals surface area contributed by atoms with Gasteiger partial charge in [-0.05, 0) is 30.2 Å². The van der Waals surface area contributed by atoms with Crippen LogP contribution in [0.1, 0.15) is 18.1 Å². The molecule has 0 amide bonds. The van der Waals surface area contributed by atoms with Crippen molar-refractivity contribution in [3.63, 3.8) is 0 Å². The van der Waals surface area contributed by atoms with Crippen molar-refractivity contribution in [2.75, 3.05) is 7.11 Å². The van der Waals surface area contributed by atoms with Gasteiger partial charge >= 0.3 is 0 Å².